The van der Waals surface area contributed by atoms with Crippen molar-refractivity contribution in [1.29, 1.82) is 0 Å². The van der Waals surface area contributed by atoms with Gasteiger partial charge in [0, 0.05) is 32.6 Å². The zero-order chi connectivity index (χ0) is 24.0. The summed E-state index contributed by atoms with van der Waals surface area (Å²) in [6.45, 7) is 17.0. The van der Waals surface area contributed by atoms with Gasteiger partial charge in [0.1, 0.15) is 5.75 Å². The SMILES string of the molecule is CCCN(CCC)CCCOc1c(C)cc(C(=O)c2c(C(C)C)sc3ccccc23)cc1C. The minimum absolute atomic E-state index is 0.115. The number of carbonyl (C=O) groups is 1. The zero-order valence-corrected chi connectivity index (χ0v) is 22.0. The van der Waals surface area contributed by atoms with E-state index in [2.05, 4.69) is 58.6 Å². The number of rotatable bonds is 12. The maximum atomic E-state index is 13.7. The van der Waals surface area contributed by atoms with Crippen LogP contribution in [0.5, 0.6) is 5.75 Å². The molecular formula is C29H39NO2S. The van der Waals surface area contributed by atoms with Crippen molar-refractivity contribution in [2.75, 3.05) is 26.2 Å². The summed E-state index contributed by atoms with van der Waals surface area (Å²) in [5.41, 5.74) is 3.68. The number of benzene rings is 2. The molecule has 0 unspecified atom stereocenters. The molecule has 0 aliphatic rings. The molecule has 178 valence electrons. The molecule has 0 bridgehead atoms. The highest BCUT2D eigenvalue weighted by molar-refractivity contribution is 7.19. The number of carbonyl (C=O) groups excluding carboxylic acids is 1. The third-order valence-electron chi connectivity index (χ3n) is 6.04. The Kier molecular flexibility index (Phi) is 9.10. The Morgan fingerprint density at radius 2 is 1.64 bits per heavy atom. The Morgan fingerprint density at radius 1 is 1.00 bits per heavy atom. The summed E-state index contributed by atoms with van der Waals surface area (Å²) in [6, 6.07) is 12.2. The molecule has 4 heteroatoms. The van der Waals surface area contributed by atoms with E-state index in [1.807, 2.05) is 24.3 Å². The minimum Gasteiger partial charge on any atom is -0.493 e. The van der Waals surface area contributed by atoms with Crippen LogP contribution in [-0.4, -0.2) is 36.9 Å². The van der Waals surface area contributed by atoms with Crippen molar-refractivity contribution in [3.63, 3.8) is 0 Å². The smallest absolute Gasteiger partial charge is 0.194 e. The van der Waals surface area contributed by atoms with Crippen LogP contribution in [0.15, 0.2) is 36.4 Å². The van der Waals surface area contributed by atoms with E-state index in [1.165, 1.54) is 22.4 Å². The van der Waals surface area contributed by atoms with Gasteiger partial charge in [0.05, 0.1) is 6.61 Å². The average Bonchev–Trinajstić information content (AvgIpc) is 3.17. The van der Waals surface area contributed by atoms with Gasteiger partial charge in [0.25, 0.3) is 0 Å². The van der Waals surface area contributed by atoms with Crippen LogP contribution in [0.3, 0.4) is 0 Å². The summed E-state index contributed by atoms with van der Waals surface area (Å²) >= 11 is 1.74. The molecule has 1 heterocycles. The van der Waals surface area contributed by atoms with E-state index in [9.17, 15) is 4.79 Å². The highest BCUT2D eigenvalue weighted by Crippen LogP contribution is 2.38. The molecule has 0 N–H and O–H groups in total. The minimum atomic E-state index is 0.115. The Morgan fingerprint density at radius 3 is 2.24 bits per heavy atom. The van der Waals surface area contributed by atoms with Crippen LogP contribution >= 0.6 is 11.3 Å². The summed E-state index contributed by atoms with van der Waals surface area (Å²) < 4.78 is 7.37. The summed E-state index contributed by atoms with van der Waals surface area (Å²) in [5.74, 6) is 1.35. The third kappa shape index (κ3) is 6.04. The summed E-state index contributed by atoms with van der Waals surface area (Å²) in [7, 11) is 0. The molecule has 33 heavy (non-hydrogen) atoms. The van der Waals surface area contributed by atoms with Gasteiger partial charge >= 0.3 is 0 Å². The van der Waals surface area contributed by atoms with Gasteiger partial charge in [-0.05, 0) is 81.4 Å². The van der Waals surface area contributed by atoms with Crippen molar-refractivity contribution in [2.24, 2.45) is 0 Å². The van der Waals surface area contributed by atoms with E-state index in [0.717, 1.165) is 59.4 Å². The van der Waals surface area contributed by atoms with E-state index in [4.69, 9.17) is 4.74 Å². The lowest BCUT2D eigenvalue weighted by atomic mass is 9.94. The summed E-state index contributed by atoms with van der Waals surface area (Å²) in [5, 5.41) is 1.07. The van der Waals surface area contributed by atoms with Crippen LogP contribution in [0.2, 0.25) is 0 Å². The molecule has 0 amide bonds. The first-order valence-corrected chi connectivity index (χ1v) is 13.2. The second-order valence-electron chi connectivity index (χ2n) is 9.30. The van der Waals surface area contributed by atoms with E-state index in [0.29, 0.717) is 12.5 Å². The number of nitrogens with zero attached hydrogens (tertiary/aromatic N) is 1. The van der Waals surface area contributed by atoms with Crippen molar-refractivity contribution in [2.45, 2.75) is 66.7 Å². The number of thiophene rings is 1. The monoisotopic (exact) mass is 465 g/mol. The van der Waals surface area contributed by atoms with E-state index in [1.54, 1.807) is 11.3 Å². The first-order valence-electron chi connectivity index (χ1n) is 12.4. The average molecular weight is 466 g/mol. The molecule has 0 spiro atoms. The fourth-order valence-corrected chi connectivity index (χ4v) is 5.79. The molecule has 1 aromatic heterocycles. The number of hydrogen-bond donors (Lipinski definition) is 0. The lowest BCUT2D eigenvalue weighted by molar-refractivity contribution is 0.103. The third-order valence-corrected chi connectivity index (χ3v) is 7.51. The number of aryl methyl sites for hydroxylation is 2. The molecule has 0 fully saturated rings. The predicted octanol–water partition coefficient (Wildman–Crippen LogP) is 7.76. The first kappa shape index (κ1) is 25.5. The van der Waals surface area contributed by atoms with E-state index >= 15 is 0 Å². The van der Waals surface area contributed by atoms with Gasteiger partial charge in [-0.2, -0.15) is 0 Å². The molecular weight excluding hydrogens is 426 g/mol. The van der Waals surface area contributed by atoms with E-state index < -0.39 is 0 Å². The Labute approximate surface area is 203 Å². The van der Waals surface area contributed by atoms with Gasteiger partial charge in [-0.3, -0.25) is 4.79 Å². The summed E-state index contributed by atoms with van der Waals surface area (Å²) in [4.78, 5) is 17.4. The standard InChI is InChI=1S/C29H39NO2S/c1-7-14-30(15-8-2)16-11-17-32-28-21(5)18-23(19-22(28)6)27(31)26-24-12-9-10-13-25(24)33-29(26)20(3)4/h9-10,12-13,18-20H,7-8,11,14-17H2,1-6H3. The van der Waals surface area contributed by atoms with Crippen LogP contribution in [0, 0.1) is 13.8 Å². The maximum absolute atomic E-state index is 13.7. The molecule has 0 aliphatic heterocycles. The van der Waals surface area contributed by atoms with Crippen molar-refractivity contribution in [1.82, 2.24) is 4.90 Å². The second-order valence-corrected chi connectivity index (χ2v) is 10.4. The highest BCUT2D eigenvalue weighted by atomic mass is 32.1. The largest absolute Gasteiger partial charge is 0.493 e. The molecule has 0 atom stereocenters. The molecule has 2 aromatic carbocycles. The maximum Gasteiger partial charge on any atom is 0.194 e. The lowest BCUT2D eigenvalue weighted by Gasteiger charge is -2.21. The molecule has 0 saturated heterocycles. The van der Waals surface area contributed by atoms with Gasteiger partial charge < -0.3 is 9.64 Å². The van der Waals surface area contributed by atoms with Gasteiger partial charge in [-0.25, -0.2) is 0 Å². The quantitative estimate of drug-likeness (QED) is 0.202. The van der Waals surface area contributed by atoms with Crippen LogP contribution in [-0.2, 0) is 0 Å². The topological polar surface area (TPSA) is 29.5 Å². The molecule has 0 radical (unpaired) electrons. The molecule has 0 aliphatic carbocycles. The highest BCUT2D eigenvalue weighted by Gasteiger charge is 2.23. The van der Waals surface area contributed by atoms with E-state index in [-0.39, 0.29) is 5.78 Å². The Balaban J connectivity index is 1.77. The summed E-state index contributed by atoms with van der Waals surface area (Å²) in [6.07, 6.45) is 3.39. The predicted molar refractivity (Wildman–Crippen MR) is 142 cm³/mol. The Hall–Kier alpha value is -2.17. The van der Waals surface area contributed by atoms with Gasteiger partial charge in [-0.1, -0.05) is 45.9 Å². The fraction of sp³-hybridized carbons (Fsp3) is 0.483. The van der Waals surface area contributed by atoms with Gasteiger partial charge in [0.15, 0.2) is 5.78 Å². The van der Waals surface area contributed by atoms with Crippen LogP contribution < -0.4 is 4.74 Å². The first-order chi connectivity index (χ1) is 15.9. The molecule has 3 rings (SSSR count). The van der Waals surface area contributed by atoms with Crippen molar-refractivity contribution < 1.29 is 9.53 Å². The lowest BCUT2D eigenvalue weighted by Crippen LogP contribution is -2.27. The van der Waals surface area contributed by atoms with Crippen molar-refractivity contribution in [3.8, 4) is 5.75 Å². The van der Waals surface area contributed by atoms with Gasteiger partial charge in [-0.15, -0.1) is 11.3 Å². The van der Waals surface area contributed by atoms with Gasteiger partial charge in [0.2, 0.25) is 0 Å². The van der Waals surface area contributed by atoms with Crippen molar-refractivity contribution in [3.05, 3.63) is 63.5 Å². The number of ketones is 1. The number of hydrogen-bond acceptors (Lipinski definition) is 4. The fourth-order valence-electron chi connectivity index (χ4n) is 4.59. The zero-order valence-electron chi connectivity index (χ0n) is 21.2. The normalized spacial score (nSPS) is 11.6. The molecule has 3 aromatic rings. The van der Waals surface area contributed by atoms with Crippen LogP contribution in [0.4, 0.5) is 0 Å². The molecule has 0 saturated carbocycles. The van der Waals surface area contributed by atoms with Crippen LogP contribution in [0.1, 0.15) is 84.8 Å². The second kappa shape index (κ2) is 11.8. The number of ether oxygens (including phenoxy) is 1. The number of fused-ring (bicyclic) bond motifs is 1. The van der Waals surface area contributed by atoms with Crippen LogP contribution in [0.25, 0.3) is 10.1 Å². The van der Waals surface area contributed by atoms with Crippen molar-refractivity contribution >= 4 is 27.2 Å². The Bertz CT molecular complexity index is 1050. The molecule has 3 nitrogen and oxygen atoms in total.